The molecule has 28 heavy (non-hydrogen) atoms. The Kier molecular flexibility index (Phi) is 6.54. The van der Waals surface area contributed by atoms with E-state index < -0.39 is 17.6 Å². The fourth-order valence-electron chi connectivity index (χ4n) is 3.52. The van der Waals surface area contributed by atoms with Gasteiger partial charge in [0, 0.05) is 5.02 Å². The molecule has 0 saturated heterocycles. The Morgan fingerprint density at radius 2 is 1.39 bits per heavy atom. The van der Waals surface area contributed by atoms with Gasteiger partial charge in [-0.3, -0.25) is 0 Å². The molecule has 0 fully saturated rings. The molecule has 0 aliphatic rings. The molecule has 2 aromatic rings. The monoisotopic (exact) mass is 414 g/mol. The maximum Gasteiger partial charge on any atom is 0.416 e. The van der Waals surface area contributed by atoms with Crippen molar-refractivity contribution < 1.29 is 17.6 Å². The Morgan fingerprint density at radius 3 is 1.93 bits per heavy atom. The van der Waals surface area contributed by atoms with Crippen LogP contribution in [0.3, 0.4) is 0 Å². The molecular weight excluding hydrogens is 388 g/mol. The second-order valence-corrected chi connectivity index (χ2v) is 9.89. The van der Waals surface area contributed by atoms with Crippen LogP contribution < -0.4 is 0 Å². The molecular formula is C23H27ClF4. The summed E-state index contributed by atoms with van der Waals surface area (Å²) in [6, 6.07) is 8.90. The predicted octanol–water partition coefficient (Wildman–Crippen LogP) is 7.90. The molecule has 0 aromatic heterocycles. The van der Waals surface area contributed by atoms with Gasteiger partial charge in [-0.25, -0.2) is 4.39 Å². The van der Waals surface area contributed by atoms with Crippen LogP contribution in [-0.2, 0) is 25.4 Å². The van der Waals surface area contributed by atoms with E-state index in [9.17, 15) is 17.6 Å². The Hall–Kier alpha value is -1.55. The summed E-state index contributed by atoms with van der Waals surface area (Å²) in [6.07, 6.45) is -3.03. The van der Waals surface area contributed by atoms with Crippen molar-refractivity contribution >= 4 is 11.6 Å². The highest BCUT2D eigenvalue weighted by molar-refractivity contribution is 6.31. The van der Waals surface area contributed by atoms with Gasteiger partial charge in [0.05, 0.1) is 5.56 Å². The summed E-state index contributed by atoms with van der Waals surface area (Å²) in [4.78, 5) is 0. The predicted molar refractivity (Wildman–Crippen MR) is 107 cm³/mol. The highest BCUT2D eigenvalue weighted by Crippen LogP contribution is 2.37. The average Bonchev–Trinajstić information content (AvgIpc) is 2.49. The molecule has 0 heterocycles. The van der Waals surface area contributed by atoms with Crippen molar-refractivity contribution in [1.29, 1.82) is 0 Å². The number of alkyl halides is 3. The molecule has 154 valence electrons. The zero-order valence-corrected chi connectivity index (χ0v) is 17.7. The first kappa shape index (κ1) is 22.7. The van der Waals surface area contributed by atoms with Gasteiger partial charge in [-0.05, 0) is 65.0 Å². The van der Waals surface area contributed by atoms with Crippen LogP contribution in [0.1, 0.15) is 56.9 Å². The van der Waals surface area contributed by atoms with Crippen molar-refractivity contribution in [2.24, 2.45) is 10.8 Å². The van der Waals surface area contributed by atoms with Crippen LogP contribution in [0.15, 0.2) is 36.4 Å². The number of rotatable bonds is 5. The summed E-state index contributed by atoms with van der Waals surface area (Å²) in [5, 5.41) is 0.338. The Bertz CT molecular complexity index is 829. The summed E-state index contributed by atoms with van der Waals surface area (Å²) in [7, 11) is 0. The van der Waals surface area contributed by atoms with E-state index in [0.29, 0.717) is 35.4 Å². The van der Waals surface area contributed by atoms with Crippen molar-refractivity contribution in [3.8, 4) is 0 Å². The van der Waals surface area contributed by atoms with Crippen LogP contribution in [0.5, 0.6) is 0 Å². The van der Waals surface area contributed by atoms with E-state index in [1.807, 2.05) is 34.6 Å². The molecule has 0 aliphatic carbocycles. The molecule has 2 rings (SSSR count). The fourth-order valence-corrected chi connectivity index (χ4v) is 3.75. The van der Waals surface area contributed by atoms with Gasteiger partial charge in [0.2, 0.25) is 0 Å². The van der Waals surface area contributed by atoms with Crippen molar-refractivity contribution in [3.63, 3.8) is 0 Å². The summed E-state index contributed by atoms with van der Waals surface area (Å²) in [5.74, 6) is -0.407. The number of halogens is 5. The Morgan fingerprint density at radius 1 is 0.786 bits per heavy atom. The van der Waals surface area contributed by atoms with E-state index in [1.165, 1.54) is 18.2 Å². The van der Waals surface area contributed by atoms with Gasteiger partial charge in [-0.15, -0.1) is 0 Å². The lowest BCUT2D eigenvalue weighted by Crippen LogP contribution is -2.20. The highest BCUT2D eigenvalue weighted by atomic mass is 35.5. The summed E-state index contributed by atoms with van der Waals surface area (Å²) >= 11 is 6.12. The molecule has 2 aromatic carbocycles. The van der Waals surface area contributed by atoms with Crippen molar-refractivity contribution in [2.75, 3.05) is 0 Å². The summed E-state index contributed by atoms with van der Waals surface area (Å²) in [5.41, 5.74) is 0.607. The third kappa shape index (κ3) is 6.51. The van der Waals surface area contributed by atoms with Gasteiger partial charge in [0.1, 0.15) is 5.82 Å². The zero-order valence-electron chi connectivity index (χ0n) is 17.0. The van der Waals surface area contributed by atoms with E-state index in [0.717, 1.165) is 5.56 Å². The number of hydrogen-bond donors (Lipinski definition) is 0. The van der Waals surface area contributed by atoms with Gasteiger partial charge in [0.15, 0.2) is 0 Å². The lowest BCUT2D eigenvalue weighted by Gasteiger charge is -2.27. The highest BCUT2D eigenvalue weighted by Gasteiger charge is 2.35. The summed E-state index contributed by atoms with van der Waals surface area (Å²) in [6.45, 7) is 9.73. The molecule has 0 saturated carbocycles. The molecule has 0 spiro atoms. The largest absolute Gasteiger partial charge is 0.416 e. The number of hydrogen-bond acceptors (Lipinski definition) is 0. The normalized spacial score (nSPS) is 13.1. The zero-order chi connectivity index (χ0) is 21.3. The minimum Gasteiger partial charge on any atom is -0.207 e. The average molecular weight is 415 g/mol. The summed E-state index contributed by atoms with van der Waals surface area (Å²) < 4.78 is 54.1. The minimum atomic E-state index is -4.39. The van der Waals surface area contributed by atoms with Crippen LogP contribution in [-0.4, -0.2) is 0 Å². The van der Waals surface area contributed by atoms with Crippen LogP contribution in [0.4, 0.5) is 17.6 Å². The first-order valence-corrected chi connectivity index (χ1v) is 9.67. The second kappa shape index (κ2) is 8.06. The van der Waals surface area contributed by atoms with Crippen LogP contribution >= 0.6 is 11.6 Å². The third-order valence-corrected chi connectivity index (χ3v) is 4.92. The van der Waals surface area contributed by atoms with Crippen molar-refractivity contribution in [3.05, 3.63) is 69.5 Å². The molecule has 0 radical (unpaired) electrons. The lowest BCUT2D eigenvalue weighted by atomic mass is 9.79. The maximum absolute atomic E-state index is 13.6. The Labute approximate surface area is 169 Å². The van der Waals surface area contributed by atoms with Gasteiger partial charge in [-0.1, -0.05) is 64.4 Å². The molecule has 0 N–H and O–H groups in total. The molecule has 0 aliphatic heterocycles. The van der Waals surface area contributed by atoms with Gasteiger partial charge in [0.25, 0.3) is 0 Å². The SMILES string of the molecule is CC(C)(C)Cc1ccc(CC(C)(C)Cc2ccc(F)cc2Cl)cc1C(F)(F)F. The standard InChI is InChI=1S/C23H27ClF4/c1-21(2,3)13-16-7-6-15(10-19(16)23(26,27)28)12-22(4,5)14-17-8-9-18(25)11-20(17)24/h6-11H,12-14H2,1-5H3. The molecule has 5 heteroatoms. The molecule has 0 amide bonds. The molecule has 0 nitrogen and oxygen atoms in total. The number of benzene rings is 2. The van der Waals surface area contributed by atoms with E-state index in [4.69, 9.17) is 11.6 Å². The topological polar surface area (TPSA) is 0 Å². The molecule has 0 atom stereocenters. The van der Waals surface area contributed by atoms with Gasteiger partial charge < -0.3 is 0 Å². The Balaban J connectivity index is 2.29. The van der Waals surface area contributed by atoms with Crippen molar-refractivity contribution in [1.82, 2.24) is 0 Å². The third-order valence-electron chi connectivity index (χ3n) is 4.57. The minimum absolute atomic E-state index is 0.236. The second-order valence-electron chi connectivity index (χ2n) is 9.48. The van der Waals surface area contributed by atoms with Crippen LogP contribution in [0.2, 0.25) is 5.02 Å². The van der Waals surface area contributed by atoms with Crippen LogP contribution in [0.25, 0.3) is 0 Å². The first-order chi connectivity index (χ1) is 12.7. The van der Waals surface area contributed by atoms with E-state index in [-0.39, 0.29) is 10.8 Å². The molecule has 0 unspecified atom stereocenters. The van der Waals surface area contributed by atoms with Gasteiger partial charge >= 0.3 is 6.18 Å². The maximum atomic E-state index is 13.6. The smallest absolute Gasteiger partial charge is 0.207 e. The van der Waals surface area contributed by atoms with Crippen LogP contribution in [0, 0.1) is 16.6 Å². The van der Waals surface area contributed by atoms with E-state index in [2.05, 4.69) is 0 Å². The van der Waals surface area contributed by atoms with E-state index >= 15 is 0 Å². The van der Waals surface area contributed by atoms with Gasteiger partial charge in [-0.2, -0.15) is 13.2 Å². The quantitative estimate of drug-likeness (QED) is 0.436. The first-order valence-electron chi connectivity index (χ1n) is 9.29. The molecule has 0 bridgehead atoms. The lowest BCUT2D eigenvalue weighted by molar-refractivity contribution is -0.138. The fraction of sp³-hybridized carbons (Fsp3) is 0.478. The van der Waals surface area contributed by atoms with E-state index in [1.54, 1.807) is 18.2 Å². The van der Waals surface area contributed by atoms with Crippen molar-refractivity contribution in [2.45, 2.75) is 60.1 Å².